The van der Waals surface area contributed by atoms with Crippen LogP contribution in [0.15, 0.2) is 72.3 Å². The summed E-state index contributed by atoms with van der Waals surface area (Å²) in [7, 11) is 1.93. The van der Waals surface area contributed by atoms with Crippen molar-refractivity contribution in [3.8, 4) is 11.5 Å². The van der Waals surface area contributed by atoms with E-state index in [1.165, 1.54) is 17.0 Å². The molecule has 0 bridgehead atoms. The van der Waals surface area contributed by atoms with E-state index in [0.717, 1.165) is 11.3 Å². The average molecular weight is 456 g/mol. The maximum atomic E-state index is 13.3. The molecule has 34 heavy (non-hydrogen) atoms. The van der Waals surface area contributed by atoms with E-state index in [4.69, 9.17) is 4.74 Å². The predicted molar refractivity (Wildman–Crippen MR) is 129 cm³/mol. The molecule has 3 aromatic carbocycles. The first-order valence-electron chi connectivity index (χ1n) is 11.0. The molecule has 0 aliphatic carbocycles. The smallest absolute Gasteiger partial charge is 0.300 e. The van der Waals surface area contributed by atoms with Crippen molar-refractivity contribution in [2.24, 2.45) is 0 Å². The number of phenolic OH excluding ortho intramolecular Hbond substituents is 1. The van der Waals surface area contributed by atoms with E-state index >= 15 is 0 Å². The Morgan fingerprint density at radius 3 is 2.41 bits per heavy atom. The summed E-state index contributed by atoms with van der Waals surface area (Å²) < 4.78 is 5.69. The van der Waals surface area contributed by atoms with Gasteiger partial charge in [-0.25, -0.2) is 0 Å². The molecular weight excluding hydrogens is 432 g/mol. The van der Waals surface area contributed by atoms with Crippen LogP contribution in [0.3, 0.4) is 0 Å². The fourth-order valence-electron chi connectivity index (χ4n) is 4.43. The lowest BCUT2D eigenvalue weighted by Gasteiger charge is -2.28. The fourth-order valence-corrected chi connectivity index (χ4v) is 4.43. The Bertz CT molecular complexity index is 1310. The lowest BCUT2D eigenvalue weighted by molar-refractivity contribution is -0.132. The summed E-state index contributed by atoms with van der Waals surface area (Å²) >= 11 is 0. The van der Waals surface area contributed by atoms with Gasteiger partial charge in [-0.1, -0.05) is 29.8 Å². The number of carbonyl (C=O) groups excluding carboxylic acids is 2. The highest BCUT2D eigenvalue weighted by Gasteiger charge is 2.47. The zero-order valence-electron chi connectivity index (χ0n) is 18.9. The molecule has 2 aliphatic heterocycles. The van der Waals surface area contributed by atoms with Crippen molar-refractivity contribution in [3.63, 3.8) is 0 Å². The van der Waals surface area contributed by atoms with Gasteiger partial charge in [-0.3, -0.25) is 14.5 Å². The Morgan fingerprint density at radius 1 is 1.00 bits per heavy atom. The quantitative estimate of drug-likeness (QED) is 0.350. The average Bonchev–Trinajstić information content (AvgIpc) is 3.10. The Balaban J connectivity index is 1.69. The molecule has 7 nitrogen and oxygen atoms in total. The molecule has 3 aromatic rings. The number of aromatic hydroxyl groups is 1. The van der Waals surface area contributed by atoms with Crippen molar-refractivity contribution in [1.29, 1.82) is 0 Å². The van der Waals surface area contributed by atoms with E-state index in [9.17, 15) is 19.8 Å². The zero-order valence-corrected chi connectivity index (χ0v) is 18.9. The van der Waals surface area contributed by atoms with Crippen molar-refractivity contribution in [2.75, 3.05) is 30.0 Å². The number of likely N-dealkylation sites (N-methyl/N-ethyl adjacent to an activating group) is 1. The molecule has 2 aliphatic rings. The molecule has 2 N–H and O–H groups in total. The first-order valence-corrected chi connectivity index (χ1v) is 11.0. The number of anilines is 2. The molecule has 7 heteroatoms. The largest absolute Gasteiger partial charge is 0.508 e. The summed E-state index contributed by atoms with van der Waals surface area (Å²) in [5.41, 5.74) is 3.37. The van der Waals surface area contributed by atoms with Crippen LogP contribution < -0.4 is 14.5 Å². The zero-order chi connectivity index (χ0) is 24.0. The van der Waals surface area contributed by atoms with Gasteiger partial charge in [0.05, 0.1) is 23.8 Å². The van der Waals surface area contributed by atoms with Crippen LogP contribution in [0.5, 0.6) is 11.5 Å². The summed E-state index contributed by atoms with van der Waals surface area (Å²) in [4.78, 5) is 29.9. The fraction of sp³-hybridized carbons (Fsp3) is 0.185. The number of Topliss-reactive ketones (excluding diaryl/α,β-unsaturated/α-hetero) is 1. The summed E-state index contributed by atoms with van der Waals surface area (Å²) in [6, 6.07) is 17.9. The molecule has 2 heterocycles. The first-order chi connectivity index (χ1) is 16.3. The van der Waals surface area contributed by atoms with E-state index in [-0.39, 0.29) is 17.1 Å². The lowest BCUT2D eigenvalue weighted by Crippen LogP contribution is -2.29. The van der Waals surface area contributed by atoms with Crippen LogP contribution in [0.1, 0.15) is 22.7 Å². The molecular formula is C27H24N2O5. The van der Waals surface area contributed by atoms with Crippen molar-refractivity contribution in [1.82, 2.24) is 0 Å². The summed E-state index contributed by atoms with van der Waals surface area (Å²) in [6.45, 7) is 3.20. The molecule has 1 saturated heterocycles. The Hall–Kier alpha value is -4.26. The minimum absolute atomic E-state index is 0.00408. The van der Waals surface area contributed by atoms with Gasteiger partial charge in [0.15, 0.2) is 0 Å². The monoisotopic (exact) mass is 456 g/mol. The number of hydrogen-bond donors (Lipinski definition) is 2. The van der Waals surface area contributed by atoms with Crippen LogP contribution >= 0.6 is 0 Å². The van der Waals surface area contributed by atoms with Crippen LogP contribution in [0.2, 0.25) is 0 Å². The van der Waals surface area contributed by atoms with Gasteiger partial charge in [-0.05, 0) is 55.0 Å². The van der Waals surface area contributed by atoms with E-state index in [1.807, 2.05) is 31.0 Å². The van der Waals surface area contributed by atoms with Crippen molar-refractivity contribution < 1.29 is 24.5 Å². The highest BCUT2D eigenvalue weighted by molar-refractivity contribution is 6.51. The molecule has 5 rings (SSSR count). The van der Waals surface area contributed by atoms with E-state index in [2.05, 4.69) is 0 Å². The van der Waals surface area contributed by atoms with Crippen molar-refractivity contribution in [2.45, 2.75) is 13.0 Å². The predicted octanol–water partition coefficient (Wildman–Crippen LogP) is 4.16. The number of hydrogen-bond acceptors (Lipinski definition) is 6. The molecule has 172 valence electrons. The molecule has 1 fully saturated rings. The number of rotatable bonds is 3. The van der Waals surface area contributed by atoms with Crippen LogP contribution in [0, 0.1) is 6.92 Å². The highest BCUT2D eigenvalue weighted by atomic mass is 16.5. The van der Waals surface area contributed by atoms with Gasteiger partial charge in [0.2, 0.25) is 0 Å². The number of aliphatic hydroxyl groups excluding tert-OH is 1. The van der Waals surface area contributed by atoms with Crippen molar-refractivity contribution in [3.05, 3.63) is 89.0 Å². The SMILES string of the molecule is Cc1ccc(N2C(=O)C(=O)/C(=C(\O)c3ccc4c(c3)N(C)CCO4)C2c2ccc(O)cc2)cc1. The number of benzene rings is 3. The van der Waals surface area contributed by atoms with E-state index < -0.39 is 17.7 Å². The molecule has 0 aromatic heterocycles. The second-order valence-electron chi connectivity index (χ2n) is 8.55. The minimum Gasteiger partial charge on any atom is -0.508 e. The topological polar surface area (TPSA) is 90.3 Å². The van der Waals surface area contributed by atoms with Gasteiger partial charge < -0.3 is 19.8 Å². The highest BCUT2D eigenvalue weighted by Crippen LogP contribution is 2.43. The molecule has 1 unspecified atom stereocenters. The van der Waals surface area contributed by atoms with Gasteiger partial charge in [-0.2, -0.15) is 0 Å². The van der Waals surface area contributed by atoms with Crippen LogP contribution in [-0.4, -0.2) is 42.1 Å². The maximum absolute atomic E-state index is 13.3. The standard InChI is InChI=1S/C27H24N2O5/c1-16-3-8-19(9-4-16)29-24(17-5-10-20(30)11-6-17)23(26(32)27(29)33)25(31)18-7-12-22-21(15-18)28(2)13-14-34-22/h3-12,15,24,30-31H,13-14H2,1-2H3/b25-23-. The number of nitrogens with zero attached hydrogens (tertiary/aromatic N) is 2. The number of phenols is 1. The Morgan fingerprint density at radius 2 is 1.71 bits per heavy atom. The molecule has 1 atom stereocenters. The van der Waals surface area contributed by atoms with Gasteiger partial charge in [-0.15, -0.1) is 0 Å². The number of ether oxygens (including phenoxy) is 1. The third-order valence-electron chi connectivity index (χ3n) is 6.29. The Labute approximate surface area is 197 Å². The molecule has 1 amide bonds. The number of aryl methyl sites for hydroxylation is 1. The number of amides is 1. The number of aliphatic hydroxyl groups is 1. The normalized spacial score (nSPS) is 19.2. The minimum atomic E-state index is -0.853. The second-order valence-corrected chi connectivity index (χ2v) is 8.55. The summed E-state index contributed by atoms with van der Waals surface area (Å²) in [5.74, 6) is -0.984. The van der Waals surface area contributed by atoms with Crippen molar-refractivity contribution >= 4 is 28.8 Å². The van der Waals surface area contributed by atoms with E-state index in [0.29, 0.717) is 35.7 Å². The maximum Gasteiger partial charge on any atom is 0.300 e. The van der Waals surface area contributed by atoms with Crippen LogP contribution in [-0.2, 0) is 9.59 Å². The third-order valence-corrected chi connectivity index (χ3v) is 6.29. The van der Waals surface area contributed by atoms with Gasteiger partial charge >= 0.3 is 0 Å². The van der Waals surface area contributed by atoms with Crippen LogP contribution in [0.25, 0.3) is 5.76 Å². The second kappa shape index (κ2) is 8.26. The number of ketones is 1. The third kappa shape index (κ3) is 3.55. The first kappa shape index (κ1) is 21.6. The lowest BCUT2D eigenvalue weighted by atomic mass is 9.94. The number of fused-ring (bicyclic) bond motifs is 1. The number of carbonyl (C=O) groups is 2. The summed E-state index contributed by atoms with van der Waals surface area (Å²) in [6.07, 6.45) is 0. The van der Waals surface area contributed by atoms with Gasteiger partial charge in [0, 0.05) is 18.3 Å². The van der Waals surface area contributed by atoms with Gasteiger partial charge in [0.25, 0.3) is 11.7 Å². The summed E-state index contributed by atoms with van der Waals surface area (Å²) in [5, 5.41) is 21.1. The molecule has 0 radical (unpaired) electrons. The molecule has 0 saturated carbocycles. The van der Waals surface area contributed by atoms with Gasteiger partial charge in [0.1, 0.15) is 23.9 Å². The Kier molecular flexibility index (Phi) is 5.24. The van der Waals surface area contributed by atoms with E-state index in [1.54, 1.807) is 42.5 Å². The molecule has 0 spiro atoms. The van der Waals surface area contributed by atoms with Crippen LogP contribution in [0.4, 0.5) is 11.4 Å².